The summed E-state index contributed by atoms with van der Waals surface area (Å²) in [5, 5.41) is 31.7. The van der Waals surface area contributed by atoms with Crippen molar-refractivity contribution in [1.82, 2.24) is 9.13 Å². The van der Waals surface area contributed by atoms with Crippen LogP contribution in [0.3, 0.4) is 0 Å². The summed E-state index contributed by atoms with van der Waals surface area (Å²) in [6, 6.07) is 16.9. The molecule has 4 aromatic carbocycles. The van der Waals surface area contributed by atoms with Crippen LogP contribution in [-0.2, 0) is 16.0 Å². The lowest BCUT2D eigenvalue weighted by Crippen LogP contribution is -2.14. The largest absolute Gasteiger partial charge is 0.508 e. The van der Waals surface area contributed by atoms with E-state index >= 15 is 0 Å². The fraction of sp³-hybridized carbons (Fsp3) is 0.200. The molecule has 10 nitrogen and oxygen atoms in total. The molecule has 2 heterocycles. The van der Waals surface area contributed by atoms with Crippen LogP contribution >= 0.6 is 46.4 Å². The molecular formula is C40H34Cl4N2O8. The molecule has 0 aliphatic rings. The van der Waals surface area contributed by atoms with Gasteiger partial charge in [0.15, 0.2) is 5.75 Å². The summed E-state index contributed by atoms with van der Waals surface area (Å²) in [4.78, 5) is 49.3. The van der Waals surface area contributed by atoms with Crippen molar-refractivity contribution in [2.75, 3.05) is 0 Å². The van der Waals surface area contributed by atoms with Crippen LogP contribution in [0.25, 0.3) is 21.8 Å². The third-order valence-electron chi connectivity index (χ3n) is 9.07. The number of carboxylic acid groups (broad SMARTS) is 1. The summed E-state index contributed by atoms with van der Waals surface area (Å²) in [7, 11) is 0. The number of halogens is 4. The van der Waals surface area contributed by atoms with Crippen LogP contribution in [0.5, 0.6) is 17.2 Å². The van der Waals surface area contributed by atoms with Gasteiger partial charge in [0.25, 0.3) is 11.8 Å². The van der Waals surface area contributed by atoms with Gasteiger partial charge in [-0.1, -0.05) is 60.3 Å². The number of fused-ring (bicyclic) bond motifs is 2. The van der Waals surface area contributed by atoms with Crippen molar-refractivity contribution in [3.05, 3.63) is 120 Å². The van der Waals surface area contributed by atoms with Crippen LogP contribution < -0.4 is 4.74 Å². The zero-order chi connectivity index (χ0) is 39.8. The number of carbonyl (C=O) groups is 4. The first-order valence-corrected chi connectivity index (χ1v) is 18.1. The molecule has 0 amide bonds. The van der Waals surface area contributed by atoms with Crippen molar-refractivity contribution in [2.45, 2.75) is 53.4 Å². The predicted octanol–water partition coefficient (Wildman–Crippen LogP) is 10.4. The number of aliphatic carboxylic acids is 1. The molecule has 2 aromatic heterocycles. The first-order valence-electron chi connectivity index (χ1n) is 16.6. The second kappa shape index (κ2) is 16.2. The van der Waals surface area contributed by atoms with E-state index in [1.165, 1.54) is 46.4 Å². The van der Waals surface area contributed by atoms with Crippen LogP contribution in [-0.4, -0.2) is 48.2 Å². The summed E-state index contributed by atoms with van der Waals surface area (Å²) in [6.45, 7) is 8.64. The maximum absolute atomic E-state index is 13.3. The van der Waals surface area contributed by atoms with Gasteiger partial charge in [-0.2, -0.15) is 0 Å². The van der Waals surface area contributed by atoms with Crippen molar-refractivity contribution in [3.8, 4) is 17.2 Å². The molecule has 0 bridgehead atoms. The Kier molecular flexibility index (Phi) is 12.0. The lowest BCUT2D eigenvalue weighted by molar-refractivity contribution is -0.136. The number of nitrogens with zero attached hydrogens (tertiary/aromatic N) is 2. The SMILES string of the molecule is CCC(C)c1c(O)ccc2c1c(OC(C)=O)c(C)n2C(=O)c1ccc(Cl)c(Cl)c1.Cc1c(CC(=O)O)c2cc(O)ccc2n1C(=O)c1ccc(Cl)c(Cl)c1. The fourth-order valence-electron chi connectivity index (χ4n) is 6.34. The number of rotatable bonds is 7. The zero-order valence-electron chi connectivity index (χ0n) is 29.6. The quantitative estimate of drug-likeness (QED) is 0.135. The number of hydrogen-bond donors (Lipinski definition) is 3. The highest BCUT2D eigenvalue weighted by Crippen LogP contribution is 2.43. The first-order chi connectivity index (χ1) is 25.5. The minimum absolute atomic E-state index is 0.00160. The Balaban J connectivity index is 0.000000210. The van der Waals surface area contributed by atoms with Crippen molar-refractivity contribution < 1.29 is 39.2 Å². The van der Waals surface area contributed by atoms with E-state index < -0.39 is 11.9 Å². The molecule has 6 aromatic rings. The Bertz CT molecular complexity index is 2500. The van der Waals surface area contributed by atoms with Crippen LogP contribution in [0, 0.1) is 13.8 Å². The molecule has 0 saturated carbocycles. The Labute approximate surface area is 330 Å². The standard InChI is InChI=1S/C22H21Cl2NO4.C18H13Cl2NO4/c1-5-11(2)19-18(27)9-8-17-20(19)21(29-13(4)26)12(3)25(17)22(28)14-6-7-15(23)16(24)10-14;1-9-12(8-17(23)24)13-7-11(22)3-5-16(13)21(9)18(25)10-2-4-14(19)15(20)6-10/h6-11,27H,5H2,1-4H3;2-7,22H,8H2,1H3,(H,23,24). The molecule has 14 heteroatoms. The summed E-state index contributed by atoms with van der Waals surface area (Å²) in [5.41, 5.74) is 3.80. The van der Waals surface area contributed by atoms with E-state index in [9.17, 15) is 29.4 Å². The van der Waals surface area contributed by atoms with Gasteiger partial charge in [-0.05, 0) is 98.5 Å². The van der Waals surface area contributed by atoms with Gasteiger partial charge in [-0.15, -0.1) is 0 Å². The van der Waals surface area contributed by atoms with E-state index in [4.69, 9.17) is 56.2 Å². The zero-order valence-corrected chi connectivity index (χ0v) is 32.7. The Morgan fingerprint density at radius 2 is 1.28 bits per heavy atom. The average Bonchev–Trinajstić information content (AvgIpc) is 3.54. The topological polar surface area (TPSA) is 148 Å². The van der Waals surface area contributed by atoms with E-state index in [-0.39, 0.29) is 51.4 Å². The number of hydrogen-bond acceptors (Lipinski definition) is 7. The van der Waals surface area contributed by atoms with Gasteiger partial charge in [0.05, 0.1) is 48.6 Å². The van der Waals surface area contributed by atoms with Gasteiger partial charge in [0.2, 0.25) is 0 Å². The Morgan fingerprint density at radius 3 is 1.78 bits per heavy atom. The van der Waals surface area contributed by atoms with E-state index in [2.05, 4.69) is 0 Å². The van der Waals surface area contributed by atoms with Gasteiger partial charge in [0.1, 0.15) is 11.5 Å². The van der Waals surface area contributed by atoms with Gasteiger partial charge < -0.3 is 20.1 Å². The minimum atomic E-state index is -1.02. The molecule has 1 unspecified atom stereocenters. The second-order valence-electron chi connectivity index (χ2n) is 12.6. The molecule has 54 heavy (non-hydrogen) atoms. The van der Waals surface area contributed by atoms with Crippen LogP contribution in [0.4, 0.5) is 0 Å². The lowest BCUT2D eigenvalue weighted by atomic mass is 9.94. The molecule has 3 N–H and O–H groups in total. The molecule has 0 fully saturated rings. The summed E-state index contributed by atoms with van der Waals surface area (Å²) in [6.07, 6.45) is 0.505. The third kappa shape index (κ3) is 7.79. The molecule has 0 saturated heterocycles. The van der Waals surface area contributed by atoms with Crippen LogP contribution in [0.2, 0.25) is 20.1 Å². The molecule has 0 spiro atoms. The van der Waals surface area contributed by atoms with Gasteiger partial charge in [-0.25, -0.2) is 0 Å². The third-order valence-corrected chi connectivity index (χ3v) is 10.5. The maximum atomic E-state index is 13.3. The number of benzene rings is 4. The molecule has 0 aliphatic heterocycles. The van der Waals surface area contributed by atoms with Crippen molar-refractivity contribution in [2.24, 2.45) is 0 Å². The van der Waals surface area contributed by atoms with Crippen molar-refractivity contribution in [3.63, 3.8) is 0 Å². The van der Waals surface area contributed by atoms with E-state index in [0.717, 1.165) is 6.42 Å². The van der Waals surface area contributed by atoms with E-state index in [1.54, 1.807) is 50.2 Å². The predicted molar refractivity (Wildman–Crippen MR) is 210 cm³/mol. The van der Waals surface area contributed by atoms with Gasteiger partial charge in [0, 0.05) is 34.7 Å². The fourth-order valence-corrected chi connectivity index (χ4v) is 6.94. The van der Waals surface area contributed by atoms with Crippen LogP contribution in [0.1, 0.15) is 76.3 Å². The first kappa shape index (κ1) is 40.2. The van der Waals surface area contributed by atoms with E-state index in [0.29, 0.717) is 65.5 Å². The monoisotopic (exact) mass is 810 g/mol. The molecule has 6 rings (SSSR count). The molecule has 280 valence electrons. The highest BCUT2D eigenvalue weighted by molar-refractivity contribution is 6.42. The van der Waals surface area contributed by atoms with Crippen molar-refractivity contribution in [1.29, 1.82) is 0 Å². The Morgan fingerprint density at radius 1 is 0.741 bits per heavy atom. The summed E-state index contributed by atoms with van der Waals surface area (Å²) in [5.74, 6) is -1.87. The van der Waals surface area contributed by atoms with Crippen molar-refractivity contribution >= 4 is 92.0 Å². The number of carboxylic acids is 1. The van der Waals surface area contributed by atoms with E-state index in [1.807, 2.05) is 13.8 Å². The molecule has 0 radical (unpaired) electrons. The van der Waals surface area contributed by atoms with Gasteiger partial charge in [-0.3, -0.25) is 28.3 Å². The second-order valence-corrected chi connectivity index (χ2v) is 14.2. The smallest absolute Gasteiger partial charge is 0.308 e. The molecular weight excluding hydrogens is 778 g/mol. The molecule has 1 atom stereocenters. The number of aromatic hydroxyl groups is 2. The van der Waals surface area contributed by atoms with Crippen LogP contribution in [0.15, 0.2) is 66.7 Å². The Hall–Kier alpha value is -5.00. The normalized spacial score (nSPS) is 11.6. The number of esters is 1. The minimum Gasteiger partial charge on any atom is -0.508 e. The highest BCUT2D eigenvalue weighted by Gasteiger charge is 2.28. The average molecular weight is 813 g/mol. The van der Waals surface area contributed by atoms with Gasteiger partial charge >= 0.3 is 11.9 Å². The number of phenols is 2. The summed E-state index contributed by atoms with van der Waals surface area (Å²) < 4.78 is 8.38. The number of phenolic OH excluding ortho intramolecular Hbond substituents is 2. The lowest BCUT2D eigenvalue weighted by Gasteiger charge is -2.14. The number of aromatic nitrogens is 2. The molecule has 0 aliphatic carbocycles. The maximum Gasteiger partial charge on any atom is 0.308 e. The number of carbonyl (C=O) groups excluding carboxylic acids is 3. The number of ether oxygens (including phenoxy) is 1. The summed E-state index contributed by atoms with van der Waals surface area (Å²) >= 11 is 23.9. The highest BCUT2D eigenvalue weighted by atomic mass is 35.5.